The lowest BCUT2D eigenvalue weighted by molar-refractivity contribution is 0.185. The van der Waals surface area contributed by atoms with Gasteiger partial charge in [0, 0.05) is 6.42 Å². The number of aliphatic hydroxyl groups excluding tert-OH is 1. The van der Waals surface area contributed by atoms with Crippen molar-refractivity contribution in [2.75, 3.05) is 0 Å². The van der Waals surface area contributed by atoms with E-state index in [0.717, 1.165) is 16.3 Å². The third kappa shape index (κ3) is 1.86. The average molecular weight is 196 g/mol. The lowest BCUT2D eigenvalue weighted by Gasteiger charge is -2.10. The Bertz CT molecular complexity index is 503. The lowest BCUT2D eigenvalue weighted by atomic mass is 9.99. The molecule has 0 heterocycles. The first-order valence-electron chi connectivity index (χ1n) is 4.92. The minimum absolute atomic E-state index is 0.355. The maximum Gasteiger partial charge on any atom is 0.0905 e. The fourth-order valence-corrected chi connectivity index (χ4v) is 1.76. The van der Waals surface area contributed by atoms with E-state index in [0.29, 0.717) is 6.42 Å². The Morgan fingerprint density at radius 3 is 2.67 bits per heavy atom. The highest BCUT2D eigenvalue weighted by Crippen LogP contribution is 2.25. The summed E-state index contributed by atoms with van der Waals surface area (Å²) in [6, 6.07) is 13.9. The lowest BCUT2D eigenvalue weighted by Crippen LogP contribution is -1.96. The van der Waals surface area contributed by atoms with Crippen LogP contribution < -0.4 is 0 Å². The summed E-state index contributed by atoms with van der Waals surface area (Å²) in [7, 11) is 0. The molecule has 0 saturated carbocycles. The summed E-state index contributed by atoms with van der Waals surface area (Å²) in [5.74, 6) is 2.48. The maximum atomic E-state index is 9.88. The van der Waals surface area contributed by atoms with Crippen LogP contribution in [0, 0.1) is 12.3 Å². The molecule has 1 nitrogen and oxygen atoms in total. The molecular weight excluding hydrogens is 184 g/mol. The van der Waals surface area contributed by atoms with Crippen molar-refractivity contribution < 1.29 is 5.11 Å². The first kappa shape index (κ1) is 9.76. The van der Waals surface area contributed by atoms with E-state index in [1.807, 2.05) is 42.5 Å². The van der Waals surface area contributed by atoms with Gasteiger partial charge in [0.2, 0.25) is 0 Å². The fourth-order valence-electron chi connectivity index (χ4n) is 1.76. The van der Waals surface area contributed by atoms with Gasteiger partial charge in [-0.15, -0.1) is 12.3 Å². The SMILES string of the molecule is C#CC[C@@H](O)c1cccc2ccccc12. The van der Waals surface area contributed by atoms with Gasteiger partial charge in [-0.05, 0) is 16.3 Å². The van der Waals surface area contributed by atoms with Crippen molar-refractivity contribution in [1.29, 1.82) is 0 Å². The first-order chi connectivity index (χ1) is 7.33. The molecule has 0 aliphatic heterocycles. The van der Waals surface area contributed by atoms with Crippen LogP contribution in [0.3, 0.4) is 0 Å². The van der Waals surface area contributed by atoms with Crippen LogP contribution >= 0.6 is 0 Å². The summed E-state index contributed by atoms with van der Waals surface area (Å²) >= 11 is 0. The van der Waals surface area contributed by atoms with Gasteiger partial charge < -0.3 is 5.11 Å². The molecule has 0 bridgehead atoms. The highest BCUT2D eigenvalue weighted by Gasteiger charge is 2.08. The Kier molecular flexibility index (Phi) is 2.71. The molecule has 0 fully saturated rings. The molecule has 74 valence electrons. The monoisotopic (exact) mass is 196 g/mol. The van der Waals surface area contributed by atoms with Crippen LogP contribution in [0.4, 0.5) is 0 Å². The van der Waals surface area contributed by atoms with Gasteiger partial charge in [0.05, 0.1) is 6.10 Å². The summed E-state index contributed by atoms with van der Waals surface area (Å²) in [4.78, 5) is 0. The van der Waals surface area contributed by atoms with Gasteiger partial charge >= 0.3 is 0 Å². The van der Waals surface area contributed by atoms with E-state index in [4.69, 9.17) is 6.42 Å². The zero-order chi connectivity index (χ0) is 10.7. The van der Waals surface area contributed by atoms with Gasteiger partial charge in [-0.1, -0.05) is 42.5 Å². The Morgan fingerprint density at radius 2 is 1.87 bits per heavy atom. The van der Waals surface area contributed by atoms with Crippen LogP contribution in [0.2, 0.25) is 0 Å². The molecule has 0 unspecified atom stereocenters. The van der Waals surface area contributed by atoms with E-state index >= 15 is 0 Å². The number of rotatable bonds is 2. The number of aliphatic hydroxyl groups is 1. The Hall–Kier alpha value is -1.78. The number of benzene rings is 2. The third-order valence-electron chi connectivity index (χ3n) is 2.49. The highest BCUT2D eigenvalue weighted by atomic mass is 16.3. The molecule has 1 N–H and O–H groups in total. The quantitative estimate of drug-likeness (QED) is 0.732. The number of fused-ring (bicyclic) bond motifs is 1. The number of hydrogen-bond donors (Lipinski definition) is 1. The van der Waals surface area contributed by atoms with Gasteiger partial charge in [-0.2, -0.15) is 0 Å². The van der Waals surface area contributed by atoms with E-state index in [-0.39, 0.29) is 0 Å². The zero-order valence-electron chi connectivity index (χ0n) is 8.35. The molecule has 2 rings (SSSR count). The number of terminal acetylenes is 1. The molecule has 0 aliphatic carbocycles. The molecule has 0 aromatic heterocycles. The van der Waals surface area contributed by atoms with E-state index in [2.05, 4.69) is 5.92 Å². The maximum absolute atomic E-state index is 9.88. The van der Waals surface area contributed by atoms with Crippen molar-refractivity contribution in [2.45, 2.75) is 12.5 Å². The van der Waals surface area contributed by atoms with Gasteiger partial charge in [0.25, 0.3) is 0 Å². The van der Waals surface area contributed by atoms with Gasteiger partial charge in [-0.3, -0.25) is 0 Å². The summed E-state index contributed by atoms with van der Waals surface area (Å²) < 4.78 is 0. The molecular formula is C14H12O. The molecule has 0 spiro atoms. The van der Waals surface area contributed by atoms with Crippen LogP contribution in [0.25, 0.3) is 10.8 Å². The number of hydrogen-bond acceptors (Lipinski definition) is 1. The van der Waals surface area contributed by atoms with Gasteiger partial charge in [0.1, 0.15) is 0 Å². The van der Waals surface area contributed by atoms with Crippen LogP contribution in [0.15, 0.2) is 42.5 Å². The van der Waals surface area contributed by atoms with Gasteiger partial charge in [-0.25, -0.2) is 0 Å². The van der Waals surface area contributed by atoms with Crippen molar-refractivity contribution in [2.24, 2.45) is 0 Å². The third-order valence-corrected chi connectivity index (χ3v) is 2.49. The smallest absolute Gasteiger partial charge is 0.0905 e. The second-order valence-electron chi connectivity index (χ2n) is 3.49. The molecule has 0 aliphatic rings. The van der Waals surface area contributed by atoms with E-state index in [1.54, 1.807) is 0 Å². The van der Waals surface area contributed by atoms with Crippen LogP contribution in [0.1, 0.15) is 18.1 Å². The highest BCUT2D eigenvalue weighted by molar-refractivity contribution is 5.85. The molecule has 1 atom stereocenters. The Morgan fingerprint density at radius 1 is 1.13 bits per heavy atom. The predicted molar refractivity (Wildman–Crippen MR) is 62.4 cm³/mol. The topological polar surface area (TPSA) is 20.2 Å². The summed E-state index contributed by atoms with van der Waals surface area (Å²) in [6.45, 7) is 0. The van der Waals surface area contributed by atoms with Crippen LogP contribution in [-0.2, 0) is 0 Å². The standard InChI is InChI=1S/C14H12O/c1-2-6-14(15)13-10-5-8-11-7-3-4-9-12(11)13/h1,3-5,7-10,14-15H,6H2/t14-/m1/s1. The average Bonchev–Trinajstić information content (AvgIpc) is 2.28. The molecule has 2 aromatic carbocycles. The zero-order valence-corrected chi connectivity index (χ0v) is 8.35. The van der Waals surface area contributed by atoms with Crippen molar-refractivity contribution in [3.05, 3.63) is 48.0 Å². The van der Waals surface area contributed by atoms with Crippen molar-refractivity contribution in [3.8, 4) is 12.3 Å². The Balaban J connectivity index is 2.56. The van der Waals surface area contributed by atoms with Gasteiger partial charge in [0.15, 0.2) is 0 Å². The minimum atomic E-state index is -0.568. The fraction of sp³-hybridized carbons (Fsp3) is 0.143. The molecule has 0 radical (unpaired) electrons. The van der Waals surface area contributed by atoms with Crippen LogP contribution in [-0.4, -0.2) is 5.11 Å². The molecule has 0 saturated heterocycles. The normalized spacial score (nSPS) is 12.3. The van der Waals surface area contributed by atoms with E-state index in [9.17, 15) is 5.11 Å². The summed E-state index contributed by atoms with van der Waals surface area (Å²) in [5.41, 5.74) is 0.908. The first-order valence-corrected chi connectivity index (χ1v) is 4.92. The Labute approximate surface area is 89.4 Å². The molecule has 15 heavy (non-hydrogen) atoms. The van der Waals surface area contributed by atoms with Crippen molar-refractivity contribution in [3.63, 3.8) is 0 Å². The van der Waals surface area contributed by atoms with E-state index in [1.165, 1.54) is 0 Å². The predicted octanol–water partition coefficient (Wildman–Crippen LogP) is 2.90. The second-order valence-corrected chi connectivity index (χ2v) is 3.49. The molecule has 1 heteroatoms. The van der Waals surface area contributed by atoms with Crippen molar-refractivity contribution in [1.82, 2.24) is 0 Å². The van der Waals surface area contributed by atoms with Crippen molar-refractivity contribution >= 4 is 10.8 Å². The van der Waals surface area contributed by atoms with Crippen LogP contribution in [0.5, 0.6) is 0 Å². The summed E-state index contributed by atoms with van der Waals surface area (Å²) in [6.07, 6.45) is 4.99. The minimum Gasteiger partial charge on any atom is -0.387 e. The molecule has 2 aromatic rings. The second kappa shape index (κ2) is 4.16. The largest absolute Gasteiger partial charge is 0.387 e. The summed E-state index contributed by atoms with van der Waals surface area (Å²) in [5, 5.41) is 12.1. The van der Waals surface area contributed by atoms with E-state index < -0.39 is 6.10 Å². The molecule has 0 amide bonds.